The Morgan fingerprint density at radius 2 is 1.95 bits per heavy atom. The lowest BCUT2D eigenvalue weighted by Crippen LogP contribution is -2.43. The van der Waals surface area contributed by atoms with Gasteiger partial charge in [0.15, 0.2) is 0 Å². The third-order valence-electron chi connectivity index (χ3n) is 3.44. The van der Waals surface area contributed by atoms with Gasteiger partial charge in [-0.15, -0.1) is 13.2 Å². The van der Waals surface area contributed by atoms with Crippen LogP contribution in [0, 0.1) is 0 Å². The van der Waals surface area contributed by atoms with Crippen LogP contribution in [0.3, 0.4) is 0 Å². The van der Waals surface area contributed by atoms with Gasteiger partial charge >= 0.3 is 12.3 Å². The molecule has 2 rings (SSSR count). The van der Waals surface area contributed by atoms with E-state index in [0.717, 1.165) is 18.4 Å². The molecule has 1 aliphatic rings. The van der Waals surface area contributed by atoms with Crippen molar-refractivity contribution in [1.29, 1.82) is 0 Å². The summed E-state index contributed by atoms with van der Waals surface area (Å²) in [6.07, 6.45) is -2.29. The second-order valence-electron chi connectivity index (χ2n) is 5.01. The third-order valence-corrected chi connectivity index (χ3v) is 3.44. The maximum absolute atomic E-state index is 12.1. The number of benzene rings is 1. The predicted molar refractivity (Wildman–Crippen MR) is 68.8 cm³/mol. The van der Waals surface area contributed by atoms with Gasteiger partial charge in [0.05, 0.1) is 0 Å². The van der Waals surface area contributed by atoms with Crippen LogP contribution >= 0.6 is 0 Å². The number of hydrogen-bond donors (Lipinski definition) is 1. The van der Waals surface area contributed by atoms with Crippen molar-refractivity contribution in [3.05, 3.63) is 29.8 Å². The standard InChI is InChI=1S/C14H16F3NO3/c15-14(16,17)21-11-6-4-10(5-7-11)9-18-8-2-1-3-12(18)13(19)20/h4-7,12H,1-3,8-9H2,(H,19,20). The molecule has 0 aliphatic carbocycles. The van der Waals surface area contributed by atoms with E-state index in [0.29, 0.717) is 19.5 Å². The van der Waals surface area contributed by atoms with Crippen LogP contribution in [0.1, 0.15) is 24.8 Å². The number of nitrogens with zero attached hydrogens (tertiary/aromatic N) is 1. The van der Waals surface area contributed by atoms with Crippen LogP contribution in [-0.2, 0) is 11.3 Å². The van der Waals surface area contributed by atoms with Gasteiger partial charge in [-0.2, -0.15) is 0 Å². The molecule has 21 heavy (non-hydrogen) atoms. The second-order valence-corrected chi connectivity index (χ2v) is 5.01. The molecule has 0 saturated carbocycles. The van der Waals surface area contributed by atoms with Crippen LogP contribution in [0.15, 0.2) is 24.3 Å². The Labute approximate surface area is 120 Å². The van der Waals surface area contributed by atoms with Crippen molar-refractivity contribution >= 4 is 5.97 Å². The first-order chi connectivity index (χ1) is 9.85. The van der Waals surface area contributed by atoms with Gasteiger partial charge in [0.2, 0.25) is 0 Å². The molecule has 1 aromatic rings. The quantitative estimate of drug-likeness (QED) is 0.929. The smallest absolute Gasteiger partial charge is 0.480 e. The average molecular weight is 303 g/mol. The summed E-state index contributed by atoms with van der Waals surface area (Å²) in [5.41, 5.74) is 0.762. The van der Waals surface area contributed by atoms with Crippen molar-refractivity contribution in [2.24, 2.45) is 0 Å². The Morgan fingerprint density at radius 3 is 2.52 bits per heavy atom. The number of alkyl halides is 3. The van der Waals surface area contributed by atoms with Crippen LogP contribution in [0.2, 0.25) is 0 Å². The van der Waals surface area contributed by atoms with Gasteiger partial charge in [-0.3, -0.25) is 9.69 Å². The van der Waals surface area contributed by atoms with Crippen LogP contribution in [-0.4, -0.2) is 34.9 Å². The summed E-state index contributed by atoms with van der Waals surface area (Å²) in [5, 5.41) is 9.17. The minimum absolute atomic E-state index is 0.278. The number of halogens is 3. The molecule has 0 radical (unpaired) electrons. The van der Waals surface area contributed by atoms with E-state index in [2.05, 4.69) is 4.74 Å². The monoisotopic (exact) mass is 303 g/mol. The normalized spacial score (nSPS) is 20.2. The van der Waals surface area contributed by atoms with Gasteiger partial charge in [0.25, 0.3) is 0 Å². The lowest BCUT2D eigenvalue weighted by Gasteiger charge is -2.32. The molecule has 4 nitrogen and oxygen atoms in total. The fraction of sp³-hybridized carbons (Fsp3) is 0.500. The first kappa shape index (κ1) is 15.6. The van der Waals surface area contributed by atoms with Gasteiger partial charge in [0, 0.05) is 6.54 Å². The van der Waals surface area contributed by atoms with Crippen LogP contribution in [0.4, 0.5) is 13.2 Å². The molecule has 116 valence electrons. The van der Waals surface area contributed by atoms with Gasteiger partial charge in [-0.05, 0) is 37.1 Å². The van der Waals surface area contributed by atoms with E-state index in [4.69, 9.17) is 0 Å². The minimum atomic E-state index is -4.71. The number of carboxylic acids is 1. The van der Waals surface area contributed by atoms with Crippen molar-refractivity contribution < 1.29 is 27.8 Å². The van der Waals surface area contributed by atoms with E-state index in [9.17, 15) is 23.1 Å². The van der Waals surface area contributed by atoms with E-state index in [1.54, 1.807) is 0 Å². The number of piperidine rings is 1. The molecule has 1 saturated heterocycles. The molecule has 0 spiro atoms. The van der Waals surface area contributed by atoms with Crippen molar-refractivity contribution in [2.45, 2.75) is 38.2 Å². The molecule has 1 heterocycles. The number of aliphatic carboxylic acids is 1. The minimum Gasteiger partial charge on any atom is -0.480 e. The third kappa shape index (κ3) is 4.63. The van der Waals surface area contributed by atoms with Crippen LogP contribution in [0.25, 0.3) is 0 Å². The number of ether oxygens (including phenoxy) is 1. The van der Waals surface area contributed by atoms with Crippen molar-refractivity contribution in [3.8, 4) is 5.75 Å². The Morgan fingerprint density at radius 1 is 1.29 bits per heavy atom. The molecule has 1 aromatic carbocycles. The zero-order valence-electron chi connectivity index (χ0n) is 11.3. The van der Waals surface area contributed by atoms with Crippen molar-refractivity contribution in [1.82, 2.24) is 4.90 Å². The Balaban J connectivity index is 2.00. The van der Waals surface area contributed by atoms with Gasteiger partial charge < -0.3 is 9.84 Å². The molecule has 1 aliphatic heterocycles. The summed E-state index contributed by atoms with van der Waals surface area (Å²) in [5.74, 6) is -1.13. The largest absolute Gasteiger partial charge is 0.573 e. The number of carboxylic acid groups (broad SMARTS) is 1. The highest BCUT2D eigenvalue weighted by Crippen LogP contribution is 2.24. The van der Waals surface area contributed by atoms with Crippen molar-refractivity contribution in [2.75, 3.05) is 6.54 Å². The van der Waals surface area contributed by atoms with Gasteiger partial charge in [-0.1, -0.05) is 18.6 Å². The first-order valence-electron chi connectivity index (χ1n) is 6.67. The molecule has 0 aromatic heterocycles. The molecule has 0 amide bonds. The van der Waals surface area contributed by atoms with E-state index in [-0.39, 0.29) is 5.75 Å². The highest BCUT2D eigenvalue weighted by Gasteiger charge is 2.31. The number of likely N-dealkylation sites (tertiary alicyclic amines) is 1. The fourth-order valence-electron chi connectivity index (χ4n) is 2.49. The molecule has 1 atom stereocenters. The van der Waals surface area contributed by atoms with Gasteiger partial charge in [-0.25, -0.2) is 0 Å². The first-order valence-corrected chi connectivity index (χ1v) is 6.67. The summed E-state index contributed by atoms with van der Waals surface area (Å²) in [7, 11) is 0. The summed E-state index contributed by atoms with van der Waals surface area (Å²) in [6.45, 7) is 1.08. The van der Waals surface area contributed by atoms with Gasteiger partial charge in [0.1, 0.15) is 11.8 Å². The predicted octanol–water partition coefficient (Wildman–Crippen LogP) is 3.02. The maximum Gasteiger partial charge on any atom is 0.573 e. The van der Waals surface area contributed by atoms with E-state index < -0.39 is 18.4 Å². The lowest BCUT2D eigenvalue weighted by atomic mass is 10.0. The highest BCUT2D eigenvalue weighted by molar-refractivity contribution is 5.73. The highest BCUT2D eigenvalue weighted by atomic mass is 19.4. The number of rotatable bonds is 4. The van der Waals surface area contributed by atoms with Crippen LogP contribution < -0.4 is 4.74 Å². The molecule has 0 bridgehead atoms. The summed E-state index contributed by atoms with van der Waals surface area (Å²) in [6, 6.07) is 5.00. The zero-order chi connectivity index (χ0) is 15.5. The molecule has 1 fully saturated rings. The Kier molecular flexibility index (Phi) is 4.72. The molecule has 7 heteroatoms. The molecular formula is C14H16F3NO3. The number of hydrogen-bond acceptors (Lipinski definition) is 3. The second kappa shape index (κ2) is 6.34. The Hall–Kier alpha value is -1.76. The Bertz CT molecular complexity index is 487. The SMILES string of the molecule is O=C(O)C1CCCCN1Cc1ccc(OC(F)(F)F)cc1. The molecule has 1 N–H and O–H groups in total. The summed E-state index contributed by atoms with van der Waals surface area (Å²) >= 11 is 0. The molecular weight excluding hydrogens is 287 g/mol. The van der Waals surface area contributed by atoms with E-state index in [1.807, 2.05) is 4.90 Å². The molecule has 1 unspecified atom stereocenters. The fourth-order valence-corrected chi connectivity index (χ4v) is 2.49. The van der Waals surface area contributed by atoms with Crippen molar-refractivity contribution in [3.63, 3.8) is 0 Å². The summed E-state index contributed by atoms with van der Waals surface area (Å²) in [4.78, 5) is 13.0. The zero-order valence-corrected chi connectivity index (χ0v) is 11.3. The average Bonchev–Trinajstić information content (AvgIpc) is 2.40. The maximum atomic E-state index is 12.1. The summed E-state index contributed by atoms with van der Waals surface area (Å²) < 4.78 is 40.0. The lowest BCUT2D eigenvalue weighted by molar-refractivity contribution is -0.274. The number of carbonyl (C=O) groups is 1. The van der Waals surface area contributed by atoms with E-state index >= 15 is 0 Å². The van der Waals surface area contributed by atoms with E-state index in [1.165, 1.54) is 24.3 Å². The van der Waals surface area contributed by atoms with Crippen LogP contribution in [0.5, 0.6) is 5.75 Å². The topological polar surface area (TPSA) is 49.8 Å².